The zero-order chi connectivity index (χ0) is 23.3. The van der Waals surface area contributed by atoms with Gasteiger partial charge in [-0.25, -0.2) is 9.78 Å². The Morgan fingerprint density at radius 3 is 2.65 bits per heavy atom. The van der Waals surface area contributed by atoms with Crippen molar-refractivity contribution in [3.05, 3.63) is 29.8 Å². The number of rotatable bonds is 5. The number of anilines is 2. The number of aliphatic hydroxyl groups excluding tert-OH is 1. The quantitative estimate of drug-likeness (QED) is 0.623. The Kier molecular flexibility index (Phi) is 5.14. The highest BCUT2D eigenvalue weighted by atomic mass is 16.5. The van der Waals surface area contributed by atoms with Gasteiger partial charge in [-0.3, -0.25) is 0 Å². The molecule has 1 aromatic heterocycles. The third-order valence-corrected chi connectivity index (χ3v) is 7.47. The number of hydrogen-bond donors (Lipinski definition) is 3. The lowest BCUT2D eigenvalue weighted by Crippen LogP contribution is -2.45. The minimum atomic E-state index is -0.451. The summed E-state index contributed by atoms with van der Waals surface area (Å²) in [4.78, 5) is 24.4. The van der Waals surface area contributed by atoms with Crippen LogP contribution in [0.2, 0.25) is 0 Å². The van der Waals surface area contributed by atoms with Gasteiger partial charge >= 0.3 is 6.03 Å². The van der Waals surface area contributed by atoms with Gasteiger partial charge in [0.2, 0.25) is 5.88 Å². The first-order valence-corrected chi connectivity index (χ1v) is 12.2. The van der Waals surface area contributed by atoms with E-state index in [0.29, 0.717) is 30.6 Å². The van der Waals surface area contributed by atoms with Gasteiger partial charge < -0.3 is 30.1 Å². The minimum absolute atomic E-state index is 0.0266. The maximum Gasteiger partial charge on any atom is 0.319 e. The lowest BCUT2D eigenvalue weighted by Gasteiger charge is -2.37. The summed E-state index contributed by atoms with van der Waals surface area (Å²) in [6.07, 6.45) is 5.75. The Balaban J connectivity index is 1.27. The fourth-order valence-electron chi connectivity index (χ4n) is 4.84. The van der Waals surface area contributed by atoms with Crippen molar-refractivity contribution >= 4 is 17.5 Å². The lowest BCUT2D eigenvalue weighted by atomic mass is 10.0. The number of carbonyl (C=O) groups excluding carboxylic acids is 1. The first-order valence-electron chi connectivity index (χ1n) is 12.2. The van der Waals surface area contributed by atoms with Crippen LogP contribution in [-0.4, -0.2) is 64.7 Å². The number of ether oxygens (including phenoxy) is 2. The molecule has 0 radical (unpaired) electrons. The van der Waals surface area contributed by atoms with E-state index in [9.17, 15) is 9.90 Å². The minimum Gasteiger partial charge on any atom is -0.471 e. The second-order valence-electron chi connectivity index (χ2n) is 10.2. The molecule has 9 nitrogen and oxygen atoms in total. The highest BCUT2D eigenvalue weighted by Crippen LogP contribution is 2.49. The number of hydrogen-bond acceptors (Lipinski definition) is 7. The smallest absolute Gasteiger partial charge is 0.319 e. The summed E-state index contributed by atoms with van der Waals surface area (Å²) >= 11 is 0. The van der Waals surface area contributed by atoms with E-state index in [0.717, 1.165) is 62.0 Å². The van der Waals surface area contributed by atoms with Gasteiger partial charge in [0, 0.05) is 17.8 Å². The number of fused-ring (bicyclic) bond motifs is 1. The Labute approximate surface area is 198 Å². The van der Waals surface area contributed by atoms with Crippen LogP contribution >= 0.6 is 0 Å². The molecule has 6 rings (SSSR count). The Bertz CT molecular complexity index is 1100. The molecule has 2 amide bonds. The summed E-state index contributed by atoms with van der Waals surface area (Å²) in [5.41, 5.74) is 2.16. The summed E-state index contributed by atoms with van der Waals surface area (Å²) in [7, 11) is 0. The van der Waals surface area contributed by atoms with Gasteiger partial charge in [-0.1, -0.05) is 0 Å². The van der Waals surface area contributed by atoms with Crippen LogP contribution in [0.1, 0.15) is 44.6 Å². The number of nitrogens with zero attached hydrogens (tertiary/aromatic N) is 3. The maximum absolute atomic E-state index is 12.3. The van der Waals surface area contributed by atoms with Crippen molar-refractivity contribution in [2.45, 2.75) is 62.6 Å². The van der Waals surface area contributed by atoms with Crippen LogP contribution in [0.3, 0.4) is 0 Å². The molecule has 0 bridgehead atoms. The predicted molar refractivity (Wildman–Crippen MR) is 127 cm³/mol. The van der Waals surface area contributed by atoms with E-state index in [1.807, 2.05) is 24.3 Å². The first kappa shape index (κ1) is 21.6. The summed E-state index contributed by atoms with van der Waals surface area (Å²) in [5, 5.41) is 15.1. The number of carbonyl (C=O) groups is 1. The molecular weight excluding hydrogens is 434 g/mol. The Morgan fingerprint density at radius 2 is 1.97 bits per heavy atom. The van der Waals surface area contributed by atoms with E-state index in [4.69, 9.17) is 19.4 Å². The van der Waals surface area contributed by atoms with Crippen LogP contribution in [0, 0.1) is 0 Å². The van der Waals surface area contributed by atoms with E-state index in [2.05, 4.69) is 22.5 Å². The van der Waals surface area contributed by atoms with Crippen molar-refractivity contribution in [1.29, 1.82) is 0 Å². The van der Waals surface area contributed by atoms with Crippen molar-refractivity contribution in [2.24, 2.45) is 0 Å². The molecule has 3 heterocycles. The monoisotopic (exact) mass is 465 g/mol. The summed E-state index contributed by atoms with van der Waals surface area (Å²) in [6, 6.07) is 7.44. The van der Waals surface area contributed by atoms with Crippen molar-refractivity contribution in [2.75, 3.05) is 36.6 Å². The fraction of sp³-hybridized carbons (Fsp3) is 0.560. The summed E-state index contributed by atoms with van der Waals surface area (Å²) in [5.74, 6) is 2.28. The SMILES string of the molecule is CC1COCCN1c1nc(-c2ccc(NC(=O)NC3(CO)CC3)cc2)nc2c1CCC1(CC1)O2. The average molecular weight is 466 g/mol. The second kappa shape index (κ2) is 8.09. The molecule has 2 aliphatic carbocycles. The van der Waals surface area contributed by atoms with Gasteiger partial charge in [-0.2, -0.15) is 4.98 Å². The van der Waals surface area contributed by atoms with E-state index >= 15 is 0 Å². The molecule has 1 spiro atoms. The zero-order valence-corrected chi connectivity index (χ0v) is 19.5. The molecule has 1 unspecified atom stereocenters. The lowest BCUT2D eigenvalue weighted by molar-refractivity contribution is 0.0978. The molecule has 3 fully saturated rings. The number of amides is 2. The molecule has 9 heteroatoms. The van der Waals surface area contributed by atoms with Gasteiger partial charge in [-0.05, 0) is 69.7 Å². The molecule has 2 aliphatic heterocycles. The first-order chi connectivity index (χ1) is 16.5. The van der Waals surface area contributed by atoms with Crippen LogP contribution < -0.4 is 20.3 Å². The van der Waals surface area contributed by atoms with Gasteiger partial charge in [0.15, 0.2) is 5.82 Å². The largest absolute Gasteiger partial charge is 0.471 e. The van der Waals surface area contributed by atoms with Crippen LogP contribution in [0.4, 0.5) is 16.3 Å². The topological polar surface area (TPSA) is 109 Å². The average Bonchev–Trinajstić information content (AvgIpc) is 3.78. The normalized spacial score (nSPS) is 23.6. The van der Waals surface area contributed by atoms with E-state index < -0.39 is 5.54 Å². The molecular formula is C25H31N5O4. The number of nitrogens with one attached hydrogen (secondary N) is 2. The van der Waals surface area contributed by atoms with Crippen molar-refractivity contribution < 1.29 is 19.4 Å². The van der Waals surface area contributed by atoms with Gasteiger partial charge in [0.25, 0.3) is 0 Å². The fourth-order valence-corrected chi connectivity index (χ4v) is 4.84. The highest BCUT2D eigenvalue weighted by molar-refractivity contribution is 5.90. The molecule has 1 saturated heterocycles. The molecule has 2 aromatic rings. The highest BCUT2D eigenvalue weighted by Gasteiger charge is 2.49. The van der Waals surface area contributed by atoms with E-state index in [1.165, 1.54) is 0 Å². The third kappa shape index (κ3) is 4.07. The number of benzene rings is 1. The van der Waals surface area contributed by atoms with Crippen LogP contribution in [0.5, 0.6) is 5.88 Å². The van der Waals surface area contributed by atoms with Crippen LogP contribution in [0.25, 0.3) is 11.4 Å². The molecule has 4 aliphatic rings. The number of aromatic nitrogens is 2. The summed E-state index contributed by atoms with van der Waals surface area (Å²) < 4.78 is 12.1. The van der Waals surface area contributed by atoms with Crippen molar-refractivity contribution in [3.63, 3.8) is 0 Å². The number of aliphatic hydroxyl groups is 1. The van der Waals surface area contributed by atoms with Gasteiger partial charge in [-0.15, -0.1) is 0 Å². The van der Waals surface area contributed by atoms with E-state index in [1.54, 1.807) is 0 Å². The molecule has 180 valence electrons. The molecule has 34 heavy (non-hydrogen) atoms. The molecule has 1 atom stereocenters. The zero-order valence-electron chi connectivity index (χ0n) is 19.5. The second-order valence-corrected chi connectivity index (χ2v) is 10.2. The molecule has 1 aromatic carbocycles. The van der Waals surface area contributed by atoms with Crippen molar-refractivity contribution in [3.8, 4) is 17.3 Å². The van der Waals surface area contributed by atoms with E-state index in [-0.39, 0.29) is 24.3 Å². The van der Waals surface area contributed by atoms with Gasteiger partial charge in [0.1, 0.15) is 11.4 Å². The molecule has 2 saturated carbocycles. The maximum atomic E-state index is 12.3. The van der Waals surface area contributed by atoms with Gasteiger partial charge in [0.05, 0.1) is 37.0 Å². The Morgan fingerprint density at radius 1 is 1.18 bits per heavy atom. The standard InChI is InChI=1S/C25H31N5O4/c1-16-14-33-13-12-30(16)21-19-6-7-25(10-11-25)34-22(19)28-20(27-21)17-2-4-18(5-3-17)26-23(32)29-24(15-31)8-9-24/h2-5,16,31H,6-15H2,1H3,(H2,26,29,32). The van der Waals surface area contributed by atoms with Crippen LogP contribution in [0.15, 0.2) is 24.3 Å². The Hall–Kier alpha value is -2.91. The third-order valence-electron chi connectivity index (χ3n) is 7.47. The van der Waals surface area contributed by atoms with Crippen LogP contribution in [-0.2, 0) is 11.2 Å². The number of morpholine rings is 1. The predicted octanol–water partition coefficient (Wildman–Crippen LogP) is 2.87. The summed E-state index contributed by atoms with van der Waals surface area (Å²) in [6.45, 7) is 4.28. The van der Waals surface area contributed by atoms with Crippen molar-refractivity contribution in [1.82, 2.24) is 15.3 Å². The molecule has 3 N–H and O–H groups in total. The number of urea groups is 1.